The van der Waals surface area contributed by atoms with Crippen molar-refractivity contribution in [3.63, 3.8) is 0 Å². The zero-order valence-corrected chi connectivity index (χ0v) is 10.1. The van der Waals surface area contributed by atoms with Crippen molar-refractivity contribution in [3.8, 4) is 11.1 Å². The first kappa shape index (κ1) is 11.5. The summed E-state index contributed by atoms with van der Waals surface area (Å²) in [6, 6.07) is 13.0. The molecule has 3 N–H and O–H groups in total. The lowest BCUT2D eigenvalue weighted by atomic mass is 9.94. The number of nitrogen functional groups attached to an aromatic ring is 1. The Morgan fingerprint density at radius 2 is 1.79 bits per heavy atom. The van der Waals surface area contributed by atoms with Gasteiger partial charge in [0.05, 0.1) is 6.42 Å². The van der Waals surface area contributed by atoms with Gasteiger partial charge in [0, 0.05) is 11.3 Å². The lowest BCUT2D eigenvalue weighted by Gasteiger charge is -2.16. The zero-order chi connectivity index (χ0) is 13.4. The number of amides is 2. The highest BCUT2D eigenvalue weighted by Crippen LogP contribution is 2.25. The van der Waals surface area contributed by atoms with Gasteiger partial charge < -0.3 is 5.73 Å². The Morgan fingerprint density at radius 3 is 2.58 bits per heavy atom. The van der Waals surface area contributed by atoms with Crippen LogP contribution in [0.2, 0.25) is 0 Å². The molecule has 3 rings (SSSR count). The summed E-state index contributed by atoms with van der Waals surface area (Å²) in [5.74, 6) is -0.590. The van der Waals surface area contributed by atoms with Crippen LogP contribution in [0.15, 0.2) is 42.5 Å². The monoisotopic (exact) mass is 252 g/mol. The number of nitrogens with two attached hydrogens (primary N) is 1. The average molecular weight is 252 g/mol. The molecule has 0 saturated carbocycles. The predicted molar refractivity (Wildman–Crippen MR) is 72.5 cm³/mol. The number of hydrogen-bond acceptors (Lipinski definition) is 3. The number of anilines is 1. The number of imide groups is 1. The number of nitrogens with one attached hydrogen (secondary N) is 1. The second kappa shape index (κ2) is 4.24. The first-order chi connectivity index (χ1) is 9.13. The van der Waals surface area contributed by atoms with Crippen LogP contribution in [0.5, 0.6) is 0 Å². The Labute approximate surface area is 110 Å². The lowest BCUT2D eigenvalue weighted by Crippen LogP contribution is -2.37. The van der Waals surface area contributed by atoms with E-state index in [1.807, 2.05) is 36.4 Å². The van der Waals surface area contributed by atoms with Crippen molar-refractivity contribution in [2.24, 2.45) is 0 Å². The minimum atomic E-state index is -0.328. The van der Waals surface area contributed by atoms with Gasteiger partial charge in [-0.2, -0.15) is 0 Å². The van der Waals surface area contributed by atoms with Crippen molar-refractivity contribution in [1.82, 2.24) is 5.32 Å². The fourth-order valence-electron chi connectivity index (χ4n) is 2.27. The molecule has 1 aliphatic heterocycles. The summed E-state index contributed by atoms with van der Waals surface area (Å²) < 4.78 is 0. The highest BCUT2D eigenvalue weighted by Gasteiger charge is 2.22. The Bertz CT molecular complexity index is 692. The first-order valence-electron chi connectivity index (χ1n) is 5.96. The molecular formula is C15H12N2O2. The average Bonchev–Trinajstić information content (AvgIpc) is 2.37. The van der Waals surface area contributed by atoms with Gasteiger partial charge >= 0.3 is 0 Å². The second-order valence-electron chi connectivity index (χ2n) is 4.55. The number of rotatable bonds is 1. The Morgan fingerprint density at radius 1 is 1.00 bits per heavy atom. The predicted octanol–water partition coefficient (Wildman–Crippen LogP) is 1.75. The van der Waals surface area contributed by atoms with Gasteiger partial charge in [-0.3, -0.25) is 14.9 Å². The molecule has 0 radical (unpaired) electrons. The van der Waals surface area contributed by atoms with Crippen LogP contribution in [0.25, 0.3) is 11.1 Å². The molecule has 0 aromatic heterocycles. The maximum Gasteiger partial charge on any atom is 0.258 e. The fraction of sp³-hybridized carbons (Fsp3) is 0.0667. The highest BCUT2D eigenvalue weighted by molar-refractivity contribution is 6.10. The van der Waals surface area contributed by atoms with Crippen molar-refractivity contribution in [2.75, 3.05) is 5.73 Å². The van der Waals surface area contributed by atoms with E-state index in [1.165, 1.54) is 0 Å². The molecular weight excluding hydrogens is 240 g/mol. The van der Waals surface area contributed by atoms with Gasteiger partial charge in [-0.05, 0) is 41.0 Å². The molecule has 2 aromatic carbocycles. The minimum absolute atomic E-state index is 0.233. The van der Waals surface area contributed by atoms with Crippen molar-refractivity contribution in [2.45, 2.75) is 6.42 Å². The standard InChI is InChI=1S/C15H12N2O2/c16-12-3-1-2-9(7-12)10-4-5-13-11(6-10)8-14(18)17-15(13)19/h1-7H,8,16H2,(H,17,18,19). The van der Waals surface area contributed by atoms with Crippen molar-refractivity contribution in [3.05, 3.63) is 53.6 Å². The maximum absolute atomic E-state index is 11.6. The molecule has 2 amide bonds. The van der Waals surface area contributed by atoms with Gasteiger partial charge in [-0.25, -0.2) is 0 Å². The van der Waals surface area contributed by atoms with Crippen LogP contribution in [-0.4, -0.2) is 11.8 Å². The third-order valence-electron chi connectivity index (χ3n) is 3.17. The van der Waals surface area contributed by atoms with Crippen molar-refractivity contribution < 1.29 is 9.59 Å². The van der Waals surface area contributed by atoms with Gasteiger partial charge in [0.1, 0.15) is 0 Å². The second-order valence-corrected chi connectivity index (χ2v) is 4.55. The Hall–Kier alpha value is -2.62. The van der Waals surface area contributed by atoms with E-state index >= 15 is 0 Å². The molecule has 0 unspecified atom stereocenters. The fourth-order valence-corrected chi connectivity index (χ4v) is 2.27. The number of benzene rings is 2. The molecule has 4 heteroatoms. The molecule has 0 spiro atoms. The van der Waals surface area contributed by atoms with Crippen molar-refractivity contribution in [1.29, 1.82) is 0 Å². The topological polar surface area (TPSA) is 72.2 Å². The van der Waals surface area contributed by atoms with Crippen LogP contribution in [-0.2, 0) is 11.2 Å². The SMILES string of the molecule is Nc1cccc(-c2ccc3c(c2)CC(=O)NC3=O)c1. The molecule has 0 aliphatic carbocycles. The Balaban J connectivity index is 2.09. The highest BCUT2D eigenvalue weighted by atomic mass is 16.2. The minimum Gasteiger partial charge on any atom is -0.399 e. The summed E-state index contributed by atoms with van der Waals surface area (Å²) in [4.78, 5) is 23.0. The van der Waals surface area contributed by atoms with Gasteiger partial charge in [-0.1, -0.05) is 18.2 Å². The summed E-state index contributed by atoms with van der Waals surface area (Å²) in [7, 11) is 0. The third kappa shape index (κ3) is 2.08. The molecule has 1 aliphatic rings. The quantitative estimate of drug-likeness (QED) is 0.600. The molecule has 0 fully saturated rings. The Kier molecular flexibility index (Phi) is 2.56. The van der Waals surface area contributed by atoms with Gasteiger partial charge in [0.2, 0.25) is 5.91 Å². The zero-order valence-electron chi connectivity index (χ0n) is 10.1. The molecule has 4 nitrogen and oxygen atoms in total. The molecule has 0 saturated heterocycles. The van der Waals surface area contributed by atoms with Gasteiger partial charge in [0.15, 0.2) is 0 Å². The molecule has 0 bridgehead atoms. The van der Waals surface area contributed by atoms with E-state index in [1.54, 1.807) is 6.07 Å². The molecule has 19 heavy (non-hydrogen) atoms. The van der Waals surface area contributed by atoms with E-state index in [4.69, 9.17) is 5.73 Å². The summed E-state index contributed by atoms with van der Waals surface area (Å²) in [5.41, 5.74) is 9.69. The number of carbonyl (C=O) groups excluding carboxylic acids is 2. The van der Waals surface area contributed by atoms with E-state index in [2.05, 4.69) is 5.32 Å². The number of carbonyl (C=O) groups is 2. The van der Waals surface area contributed by atoms with Crippen LogP contribution >= 0.6 is 0 Å². The van der Waals surface area contributed by atoms with E-state index in [0.29, 0.717) is 11.3 Å². The van der Waals surface area contributed by atoms with Crippen molar-refractivity contribution >= 4 is 17.5 Å². The molecule has 94 valence electrons. The molecule has 2 aromatic rings. The van der Waals surface area contributed by atoms with Crippen LogP contribution in [0, 0.1) is 0 Å². The van der Waals surface area contributed by atoms with E-state index in [9.17, 15) is 9.59 Å². The smallest absolute Gasteiger partial charge is 0.258 e. The lowest BCUT2D eigenvalue weighted by molar-refractivity contribution is -0.119. The molecule has 0 atom stereocenters. The van der Waals surface area contributed by atoms with Gasteiger partial charge in [0.25, 0.3) is 5.91 Å². The van der Waals surface area contributed by atoms with Crippen LogP contribution in [0.3, 0.4) is 0 Å². The first-order valence-corrected chi connectivity index (χ1v) is 5.96. The summed E-state index contributed by atoms with van der Waals surface area (Å²) >= 11 is 0. The number of fused-ring (bicyclic) bond motifs is 1. The van der Waals surface area contributed by atoms with E-state index in [-0.39, 0.29) is 18.2 Å². The summed E-state index contributed by atoms with van der Waals surface area (Å²) in [5, 5.41) is 2.31. The van der Waals surface area contributed by atoms with E-state index in [0.717, 1.165) is 16.7 Å². The van der Waals surface area contributed by atoms with E-state index < -0.39 is 0 Å². The van der Waals surface area contributed by atoms with Crippen LogP contribution < -0.4 is 11.1 Å². The maximum atomic E-state index is 11.6. The number of hydrogen-bond donors (Lipinski definition) is 2. The summed E-state index contributed by atoms with van der Waals surface area (Å²) in [6.45, 7) is 0. The third-order valence-corrected chi connectivity index (χ3v) is 3.17. The van der Waals surface area contributed by atoms with Crippen LogP contribution in [0.1, 0.15) is 15.9 Å². The largest absolute Gasteiger partial charge is 0.399 e. The molecule has 1 heterocycles. The van der Waals surface area contributed by atoms with Gasteiger partial charge in [-0.15, -0.1) is 0 Å². The normalized spacial score (nSPS) is 13.9. The summed E-state index contributed by atoms with van der Waals surface area (Å²) in [6.07, 6.45) is 0.233. The van der Waals surface area contributed by atoms with Crippen LogP contribution in [0.4, 0.5) is 5.69 Å².